The maximum Gasteiger partial charge on any atom is 0.254 e. The Morgan fingerprint density at radius 3 is 2.58 bits per heavy atom. The van der Waals surface area contributed by atoms with E-state index in [0.29, 0.717) is 24.9 Å². The highest BCUT2D eigenvalue weighted by Gasteiger charge is 2.40. The molecule has 0 radical (unpaired) electrons. The van der Waals surface area contributed by atoms with Crippen molar-refractivity contribution in [3.63, 3.8) is 0 Å². The summed E-state index contributed by atoms with van der Waals surface area (Å²) in [4.78, 5) is 31.3. The van der Waals surface area contributed by atoms with Gasteiger partial charge in [0, 0.05) is 43.1 Å². The molecule has 4 rings (SSSR count). The smallest absolute Gasteiger partial charge is 0.254 e. The fraction of sp³-hybridized carbons (Fsp3) is 0.370. The fourth-order valence-electron chi connectivity index (χ4n) is 5.09. The molecular weight excluding hydrogens is 414 g/mol. The first kappa shape index (κ1) is 22.9. The molecule has 1 heterocycles. The van der Waals surface area contributed by atoms with Crippen LogP contribution in [0.25, 0.3) is 10.9 Å². The third-order valence-corrected chi connectivity index (χ3v) is 7.04. The number of aliphatic hydroxyl groups is 1. The second kappa shape index (κ2) is 9.71. The van der Waals surface area contributed by atoms with Gasteiger partial charge in [0.15, 0.2) is 0 Å². The summed E-state index contributed by atoms with van der Waals surface area (Å²) < 4.78 is 0. The highest BCUT2D eigenvalue weighted by molar-refractivity contribution is 6.06. The van der Waals surface area contributed by atoms with Crippen LogP contribution in [-0.4, -0.2) is 52.5 Å². The molecule has 3 atom stereocenters. The molecule has 1 saturated carbocycles. The lowest BCUT2D eigenvalue weighted by atomic mass is 9.74. The fourth-order valence-corrected chi connectivity index (χ4v) is 5.09. The van der Waals surface area contributed by atoms with Crippen LogP contribution in [-0.2, 0) is 10.2 Å². The number of benzene rings is 2. The first-order valence-electron chi connectivity index (χ1n) is 11.5. The van der Waals surface area contributed by atoms with E-state index in [0.717, 1.165) is 29.3 Å². The Labute approximate surface area is 194 Å². The number of nitrogens with zero attached hydrogens (tertiary/aromatic N) is 2. The van der Waals surface area contributed by atoms with Gasteiger partial charge >= 0.3 is 0 Å². The lowest BCUT2D eigenvalue weighted by Crippen LogP contribution is -2.44. The Balaban J connectivity index is 1.60. The number of likely N-dealkylation sites (N-methyl/N-ethyl adjacent to an activating group) is 1. The van der Waals surface area contributed by atoms with Crippen molar-refractivity contribution in [2.45, 2.75) is 50.2 Å². The Morgan fingerprint density at radius 2 is 1.82 bits per heavy atom. The summed E-state index contributed by atoms with van der Waals surface area (Å²) in [6.07, 6.45) is 3.75. The molecule has 0 aliphatic heterocycles. The summed E-state index contributed by atoms with van der Waals surface area (Å²) in [6, 6.07) is 19.1. The first-order valence-corrected chi connectivity index (χ1v) is 11.5. The van der Waals surface area contributed by atoms with Crippen LogP contribution >= 0.6 is 0 Å². The van der Waals surface area contributed by atoms with E-state index < -0.39 is 6.10 Å². The second-order valence-electron chi connectivity index (χ2n) is 9.06. The van der Waals surface area contributed by atoms with Crippen LogP contribution in [0.3, 0.4) is 0 Å². The number of aromatic nitrogens is 1. The van der Waals surface area contributed by atoms with Gasteiger partial charge in [-0.3, -0.25) is 14.6 Å². The number of pyridine rings is 1. The van der Waals surface area contributed by atoms with E-state index in [1.807, 2.05) is 48.5 Å². The van der Waals surface area contributed by atoms with Crippen LogP contribution in [0.1, 0.15) is 48.5 Å². The van der Waals surface area contributed by atoms with E-state index in [1.165, 1.54) is 6.92 Å². The number of carbonyl (C=O) groups is 2. The first-order chi connectivity index (χ1) is 15.9. The van der Waals surface area contributed by atoms with Crippen molar-refractivity contribution in [2.24, 2.45) is 0 Å². The molecule has 2 N–H and O–H groups in total. The maximum atomic E-state index is 13.5. The van der Waals surface area contributed by atoms with Gasteiger partial charge in [0.05, 0.1) is 17.7 Å². The van der Waals surface area contributed by atoms with Gasteiger partial charge in [0.1, 0.15) is 0 Å². The number of carbonyl (C=O) groups excluding carboxylic acids is 2. The van der Waals surface area contributed by atoms with E-state index in [4.69, 9.17) is 0 Å². The zero-order valence-corrected chi connectivity index (χ0v) is 19.2. The highest BCUT2D eigenvalue weighted by atomic mass is 16.3. The van der Waals surface area contributed by atoms with Crippen LogP contribution in [0.5, 0.6) is 0 Å². The number of nitrogens with one attached hydrogen (secondary N) is 1. The molecule has 1 aromatic heterocycles. The topological polar surface area (TPSA) is 82.5 Å². The number of amides is 2. The Kier molecular flexibility index (Phi) is 6.75. The minimum atomic E-state index is -0.644. The minimum Gasteiger partial charge on any atom is -0.391 e. The van der Waals surface area contributed by atoms with Crippen LogP contribution in [0.2, 0.25) is 0 Å². The summed E-state index contributed by atoms with van der Waals surface area (Å²) in [5.74, 6) is -0.185. The summed E-state index contributed by atoms with van der Waals surface area (Å²) in [5.41, 5.74) is 2.24. The van der Waals surface area contributed by atoms with E-state index in [-0.39, 0.29) is 23.3 Å². The Morgan fingerprint density at radius 1 is 1.06 bits per heavy atom. The third kappa shape index (κ3) is 4.76. The van der Waals surface area contributed by atoms with Crippen molar-refractivity contribution < 1.29 is 14.7 Å². The highest BCUT2D eigenvalue weighted by Crippen LogP contribution is 2.39. The summed E-state index contributed by atoms with van der Waals surface area (Å²) in [6.45, 7) is 2.04. The van der Waals surface area contributed by atoms with Crippen molar-refractivity contribution in [3.05, 3.63) is 78.0 Å². The number of hydrogen-bond donors (Lipinski definition) is 2. The molecule has 6 heteroatoms. The van der Waals surface area contributed by atoms with Gasteiger partial charge in [0.2, 0.25) is 5.91 Å². The van der Waals surface area contributed by atoms with Gasteiger partial charge in [0.25, 0.3) is 5.91 Å². The Hall–Kier alpha value is -3.25. The molecule has 1 fully saturated rings. The molecule has 2 amide bonds. The summed E-state index contributed by atoms with van der Waals surface area (Å²) in [7, 11) is 1.77. The molecule has 6 nitrogen and oxygen atoms in total. The summed E-state index contributed by atoms with van der Waals surface area (Å²) in [5, 5.41) is 14.9. The molecule has 2 aromatic carbocycles. The van der Waals surface area contributed by atoms with Crippen molar-refractivity contribution in [1.29, 1.82) is 0 Å². The largest absolute Gasteiger partial charge is 0.391 e. The van der Waals surface area contributed by atoms with Crippen LogP contribution in [0.4, 0.5) is 0 Å². The molecule has 3 aromatic rings. The van der Waals surface area contributed by atoms with Gasteiger partial charge in [-0.15, -0.1) is 0 Å². The molecular formula is C27H31N3O3. The van der Waals surface area contributed by atoms with E-state index >= 15 is 0 Å². The maximum absolute atomic E-state index is 13.5. The second-order valence-corrected chi connectivity index (χ2v) is 9.06. The number of aliphatic hydroxyl groups excluding tert-OH is 1. The van der Waals surface area contributed by atoms with Crippen LogP contribution in [0.15, 0.2) is 66.9 Å². The molecule has 0 bridgehead atoms. The molecule has 0 saturated heterocycles. The molecule has 33 heavy (non-hydrogen) atoms. The predicted octanol–water partition coefficient (Wildman–Crippen LogP) is 3.68. The SMILES string of the molecule is CC(=O)NC[C@]1(c2ccccc2)CC[C@H](O)[C@@H](N(C)C(=O)c2cccc3ncccc23)CC1. The van der Waals surface area contributed by atoms with Crippen LogP contribution in [0, 0.1) is 0 Å². The monoisotopic (exact) mass is 445 g/mol. The number of fused-ring (bicyclic) bond motifs is 1. The van der Waals surface area contributed by atoms with Crippen molar-refractivity contribution in [2.75, 3.05) is 13.6 Å². The van der Waals surface area contributed by atoms with Crippen molar-refractivity contribution >= 4 is 22.7 Å². The third-order valence-electron chi connectivity index (χ3n) is 7.04. The lowest BCUT2D eigenvalue weighted by molar-refractivity contribution is -0.119. The van der Waals surface area contributed by atoms with E-state index in [9.17, 15) is 14.7 Å². The lowest BCUT2D eigenvalue weighted by Gasteiger charge is -2.34. The van der Waals surface area contributed by atoms with Gasteiger partial charge in [-0.1, -0.05) is 42.5 Å². The average molecular weight is 446 g/mol. The van der Waals surface area contributed by atoms with Gasteiger partial charge in [-0.2, -0.15) is 0 Å². The van der Waals surface area contributed by atoms with Crippen molar-refractivity contribution in [3.8, 4) is 0 Å². The molecule has 1 aliphatic rings. The normalized spacial score (nSPS) is 23.0. The van der Waals surface area contributed by atoms with Crippen LogP contribution < -0.4 is 5.32 Å². The average Bonchev–Trinajstić information content (AvgIpc) is 3.01. The zero-order valence-electron chi connectivity index (χ0n) is 19.2. The number of rotatable bonds is 5. The quantitative estimate of drug-likeness (QED) is 0.587. The molecule has 0 spiro atoms. The van der Waals surface area contributed by atoms with E-state index in [1.54, 1.807) is 18.1 Å². The van der Waals surface area contributed by atoms with Gasteiger partial charge in [-0.25, -0.2) is 0 Å². The van der Waals surface area contributed by atoms with Gasteiger partial charge in [-0.05, 0) is 49.4 Å². The van der Waals surface area contributed by atoms with Crippen molar-refractivity contribution in [1.82, 2.24) is 15.2 Å². The van der Waals surface area contributed by atoms with E-state index in [2.05, 4.69) is 22.4 Å². The molecule has 172 valence electrons. The predicted molar refractivity (Wildman–Crippen MR) is 129 cm³/mol. The summed E-state index contributed by atoms with van der Waals surface area (Å²) >= 11 is 0. The molecule has 0 unspecified atom stereocenters. The minimum absolute atomic E-state index is 0.0662. The Bertz CT molecular complexity index is 1130. The standard InChI is InChI=1S/C27H31N3O3/c1-19(31)29-18-27(20-8-4-3-5-9-20)15-13-24(25(32)14-16-27)30(2)26(33)22-10-6-12-23-21(22)11-7-17-28-23/h3-12,17,24-25,32H,13-16,18H2,1-2H3,(H,29,31)/t24-,25-,27+/m0/s1. The molecule has 1 aliphatic carbocycles. The number of hydrogen-bond acceptors (Lipinski definition) is 4. The van der Waals surface area contributed by atoms with Gasteiger partial charge < -0.3 is 15.3 Å². The zero-order chi connectivity index (χ0) is 23.4.